The van der Waals surface area contributed by atoms with Gasteiger partial charge in [-0.1, -0.05) is 12.1 Å². The normalized spacial score (nSPS) is 11.3. The maximum absolute atomic E-state index is 11.3. The number of ether oxygens (including phenoxy) is 1. The molecule has 0 saturated carbocycles. The van der Waals surface area contributed by atoms with Gasteiger partial charge in [-0.05, 0) is 43.3 Å². The molecular weight excluding hydrogens is 260 g/mol. The third kappa shape index (κ3) is 2.47. The molecule has 0 aliphatic carbocycles. The van der Waals surface area contributed by atoms with Crippen LogP contribution in [0.3, 0.4) is 0 Å². The first-order valence-corrected chi connectivity index (χ1v) is 6.22. The molecule has 7 heteroatoms. The van der Waals surface area contributed by atoms with Crippen LogP contribution in [0, 0.1) is 0 Å². The molecule has 0 amide bonds. The molecule has 7 nitrogen and oxygen atoms in total. The number of aromatic nitrogens is 4. The lowest BCUT2D eigenvalue weighted by atomic mass is 10.1. The minimum absolute atomic E-state index is 0.388. The van der Waals surface area contributed by atoms with E-state index in [0.717, 1.165) is 0 Å². The molecule has 1 heterocycles. The Morgan fingerprint density at radius 1 is 1.45 bits per heavy atom. The first-order chi connectivity index (χ1) is 9.46. The molecule has 0 aliphatic rings. The summed E-state index contributed by atoms with van der Waals surface area (Å²) >= 11 is 0. The standard InChI is InChI=1S/C13H16N4O3/c1-4-20-10-7-5-6-9(8-10)11-14-15-16-17(11)13(2,3)12(18)19/h5-8H,4H2,1-3H3,(H,18,19). The van der Waals surface area contributed by atoms with Crippen molar-refractivity contribution in [2.24, 2.45) is 0 Å². The van der Waals surface area contributed by atoms with Crippen LogP contribution in [0.1, 0.15) is 20.8 Å². The Morgan fingerprint density at radius 3 is 2.85 bits per heavy atom. The Balaban J connectivity index is 2.47. The zero-order valence-electron chi connectivity index (χ0n) is 11.6. The summed E-state index contributed by atoms with van der Waals surface area (Å²) in [7, 11) is 0. The van der Waals surface area contributed by atoms with Crippen molar-refractivity contribution in [1.29, 1.82) is 0 Å². The Labute approximate surface area is 116 Å². The van der Waals surface area contributed by atoms with Crippen molar-refractivity contribution in [1.82, 2.24) is 20.2 Å². The quantitative estimate of drug-likeness (QED) is 0.891. The number of rotatable bonds is 5. The van der Waals surface area contributed by atoms with Crippen molar-refractivity contribution in [2.45, 2.75) is 26.3 Å². The first kappa shape index (κ1) is 14.0. The number of tetrazole rings is 1. The summed E-state index contributed by atoms with van der Waals surface area (Å²) in [5.74, 6) is 0.0682. The van der Waals surface area contributed by atoms with Crippen LogP contribution in [0.25, 0.3) is 11.4 Å². The maximum Gasteiger partial charge on any atom is 0.331 e. The number of carboxylic acid groups (broad SMARTS) is 1. The van der Waals surface area contributed by atoms with Gasteiger partial charge in [-0.15, -0.1) is 5.10 Å². The minimum Gasteiger partial charge on any atom is -0.494 e. The van der Waals surface area contributed by atoms with Gasteiger partial charge in [0.15, 0.2) is 11.4 Å². The summed E-state index contributed by atoms with van der Waals surface area (Å²) in [6, 6.07) is 7.23. The smallest absolute Gasteiger partial charge is 0.331 e. The Kier molecular flexibility index (Phi) is 3.69. The molecule has 1 aromatic carbocycles. The highest BCUT2D eigenvalue weighted by Gasteiger charge is 2.33. The third-order valence-electron chi connectivity index (χ3n) is 2.93. The Morgan fingerprint density at radius 2 is 2.20 bits per heavy atom. The summed E-state index contributed by atoms with van der Waals surface area (Å²) in [6.07, 6.45) is 0. The molecule has 106 valence electrons. The van der Waals surface area contributed by atoms with Crippen LogP contribution in [-0.2, 0) is 10.3 Å². The van der Waals surface area contributed by atoms with Crippen LogP contribution >= 0.6 is 0 Å². The molecule has 2 rings (SSSR count). The molecule has 0 fully saturated rings. The van der Waals surface area contributed by atoms with Crippen LogP contribution in [0.2, 0.25) is 0 Å². The fourth-order valence-electron chi connectivity index (χ4n) is 1.73. The van der Waals surface area contributed by atoms with E-state index in [1.54, 1.807) is 19.9 Å². The molecule has 0 unspecified atom stereocenters. The highest BCUT2D eigenvalue weighted by atomic mass is 16.5. The number of benzene rings is 1. The number of aliphatic carboxylic acids is 1. The van der Waals surface area contributed by atoms with Crippen molar-refractivity contribution in [2.75, 3.05) is 6.61 Å². The topological polar surface area (TPSA) is 90.1 Å². The average Bonchev–Trinajstić information content (AvgIpc) is 2.89. The summed E-state index contributed by atoms with van der Waals surface area (Å²) in [6.45, 7) is 5.53. The van der Waals surface area contributed by atoms with E-state index in [2.05, 4.69) is 15.5 Å². The van der Waals surface area contributed by atoms with Gasteiger partial charge in [0, 0.05) is 5.56 Å². The highest BCUT2D eigenvalue weighted by molar-refractivity contribution is 5.76. The van der Waals surface area contributed by atoms with E-state index in [1.807, 2.05) is 25.1 Å². The van der Waals surface area contributed by atoms with Gasteiger partial charge in [-0.25, -0.2) is 9.48 Å². The third-order valence-corrected chi connectivity index (χ3v) is 2.93. The van der Waals surface area contributed by atoms with Gasteiger partial charge in [0.1, 0.15) is 5.75 Å². The Hall–Kier alpha value is -2.44. The van der Waals surface area contributed by atoms with E-state index in [-0.39, 0.29) is 0 Å². The fourth-order valence-corrected chi connectivity index (χ4v) is 1.73. The molecule has 2 aromatic rings. The predicted octanol–water partition coefficient (Wildman–Crippen LogP) is 1.56. The van der Waals surface area contributed by atoms with Gasteiger partial charge in [-0.2, -0.15) is 0 Å². The second-order valence-corrected chi connectivity index (χ2v) is 4.74. The second kappa shape index (κ2) is 5.28. The molecule has 0 atom stereocenters. The second-order valence-electron chi connectivity index (χ2n) is 4.74. The van der Waals surface area contributed by atoms with Crippen molar-refractivity contribution in [3.05, 3.63) is 24.3 Å². The monoisotopic (exact) mass is 276 g/mol. The molecule has 1 N–H and O–H groups in total. The molecule has 20 heavy (non-hydrogen) atoms. The van der Waals surface area contributed by atoms with E-state index in [1.165, 1.54) is 4.68 Å². The van der Waals surface area contributed by atoms with Crippen molar-refractivity contribution < 1.29 is 14.6 Å². The van der Waals surface area contributed by atoms with Gasteiger partial charge in [-0.3, -0.25) is 0 Å². The van der Waals surface area contributed by atoms with Gasteiger partial charge in [0.25, 0.3) is 0 Å². The SMILES string of the molecule is CCOc1cccc(-c2nnnn2C(C)(C)C(=O)O)c1. The maximum atomic E-state index is 11.3. The van der Waals surface area contributed by atoms with Crippen molar-refractivity contribution in [3.63, 3.8) is 0 Å². The van der Waals surface area contributed by atoms with E-state index in [9.17, 15) is 9.90 Å². The number of hydrogen-bond donors (Lipinski definition) is 1. The fraction of sp³-hybridized carbons (Fsp3) is 0.385. The molecule has 1 aromatic heterocycles. The molecule has 0 bridgehead atoms. The van der Waals surface area contributed by atoms with Crippen LogP contribution in [0.4, 0.5) is 0 Å². The zero-order chi connectivity index (χ0) is 14.8. The van der Waals surface area contributed by atoms with Crippen LogP contribution in [0.5, 0.6) is 5.75 Å². The van der Waals surface area contributed by atoms with E-state index >= 15 is 0 Å². The van der Waals surface area contributed by atoms with E-state index < -0.39 is 11.5 Å². The summed E-state index contributed by atoms with van der Waals surface area (Å²) in [5, 5.41) is 20.6. The number of carboxylic acids is 1. The lowest BCUT2D eigenvalue weighted by Crippen LogP contribution is -2.37. The Bertz CT molecular complexity index is 622. The van der Waals surface area contributed by atoms with E-state index in [4.69, 9.17) is 4.74 Å². The van der Waals surface area contributed by atoms with Crippen LogP contribution in [-0.4, -0.2) is 37.9 Å². The van der Waals surface area contributed by atoms with Gasteiger partial charge >= 0.3 is 5.97 Å². The molecule has 0 saturated heterocycles. The number of carbonyl (C=O) groups is 1. The van der Waals surface area contributed by atoms with Gasteiger partial charge < -0.3 is 9.84 Å². The summed E-state index contributed by atoms with van der Waals surface area (Å²) in [4.78, 5) is 11.3. The molecular formula is C13H16N4O3. The number of nitrogens with zero attached hydrogens (tertiary/aromatic N) is 4. The van der Waals surface area contributed by atoms with Crippen molar-refractivity contribution >= 4 is 5.97 Å². The van der Waals surface area contributed by atoms with Crippen LogP contribution in [0.15, 0.2) is 24.3 Å². The predicted molar refractivity (Wildman–Crippen MR) is 71.4 cm³/mol. The van der Waals surface area contributed by atoms with Crippen LogP contribution < -0.4 is 4.74 Å². The number of hydrogen-bond acceptors (Lipinski definition) is 5. The zero-order valence-corrected chi connectivity index (χ0v) is 11.6. The van der Waals surface area contributed by atoms with E-state index in [0.29, 0.717) is 23.7 Å². The van der Waals surface area contributed by atoms with Gasteiger partial charge in [0.05, 0.1) is 6.61 Å². The summed E-state index contributed by atoms with van der Waals surface area (Å²) < 4.78 is 6.72. The molecule has 0 aliphatic heterocycles. The highest BCUT2D eigenvalue weighted by Crippen LogP contribution is 2.25. The molecule has 0 radical (unpaired) electrons. The minimum atomic E-state index is -1.24. The molecule has 0 spiro atoms. The van der Waals surface area contributed by atoms with Gasteiger partial charge in [0.2, 0.25) is 0 Å². The summed E-state index contributed by atoms with van der Waals surface area (Å²) in [5.41, 5.74) is -0.532. The van der Waals surface area contributed by atoms with Crippen molar-refractivity contribution in [3.8, 4) is 17.1 Å². The lowest BCUT2D eigenvalue weighted by Gasteiger charge is -2.20. The average molecular weight is 276 g/mol. The first-order valence-electron chi connectivity index (χ1n) is 6.22. The largest absolute Gasteiger partial charge is 0.494 e. The lowest BCUT2D eigenvalue weighted by molar-refractivity contribution is -0.146.